The van der Waals surface area contributed by atoms with Crippen LogP contribution >= 0.6 is 0 Å². The zero-order chi connectivity index (χ0) is 15.1. The second-order valence-electron chi connectivity index (χ2n) is 5.55. The van der Waals surface area contributed by atoms with E-state index in [1.165, 1.54) is 11.1 Å². The number of rotatable bonds is 7. The van der Waals surface area contributed by atoms with Crippen LogP contribution in [-0.2, 0) is 17.9 Å². The van der Waals surface area contributed by atoms with Gasteiger partial charge in [0.1, 0.15) is 0 Å². The number of benzene rings is 1. The first-order valence-electron chi connectivity index (χ1n) is 7.38. The van der Waals surface area contributed by atoms with Crippen molar-refractivity contribution < 1.29 is 4.74 Å². The standard InChI is InChI=1S/C18H24N2O/c1-15-11-16(2)19-18(12-15)13-20(3)9-10-21-14-17-7-5-4-6-8-17/h4-8,11-12H,9-10,13-14H2,1-3H3. The fourth-order valence-corrected chi connectivity index (χ4v) is 2.35. The molecule has 21 heavy (non-hydrogen) atoms. The van der Waals surface area contributed by atoms with Gasteiger partial charge in [0.15, 0.2) is 0 Å². The van der Waals surface area contributed by atoms with E-state index in [-0.39, 0.29) is 0 Å². The van der Waals surface area contributed by atoms with Crippen LogP contribution in [0.25, 0.3) is 0 Å². The normalized spacial score (nSPS) is 11.0. The van der Waals surface area contributed by atoms with Gasteiger partial charge < -0.3 is 4.74 Å². The highest BCUT2D eigenvalue weighted by Gasteiger charge is 2.03. The number of aromatic nitrogens is 1. The molecule has 0 bridgehead atoms. The van der Waals surface area contributed by atoms with Gasteiger partial charge in [0.2, 0.25) is 0 Å². The summed E-state index contributed by atoms with van der Waals surface area (Å²) in [5, 5.41) is 0. The number of hydrogen-bond acceptors (Lipinski definition) is 3. The number of likely N-dealkylation sites (N-methyl/N-ethyl adjacent to an activating group) is 1. The molecule has 2 aromatic rings. The molecule has 0 fully saturated rings. The summed E-state index contributed by atoms with van der Waals surface area (Å²) in [6, 6.07) is 14.5. The number of nitrogens with zero attached hydrogens (tertiary/aromatic N) is 2. The van der Waals surface area contributed by atoms with E-state index in [0.29, 0.717) is 6.61 Å². The van der Waals surface area contributed by atoms with E-state index in [4.69, 9.17) is 4.74 Å². The van der Waals surface area contributed by atoms with Crippen molar-refractivity contribution in [2.24, 2.45) is 0 Å². The summed E-state index contributed by atoms with van der Waals surface area (Å²) < 4.78 is 5.71. The first-order valence-corrected chi connectivity index (χ1v) is 7.38. The van der Waals surface area contributed by atoms with E-state index < -0.39 is 0 Å². The third kappa shape index (κ3) is 5.66. The Morgan fingerprint density at radius 2 is 1.86 bits per heavy atom. The maximum Gasteiger partial charge on any atom is 0.0717 e. The lowest BCUT2D eigenvalue weighted by Gasteiger charge is -2.16. The van der Waals surface area contributed by atoms with E-state index in [9.17, 15) is 0 Å². The van der Waals surface area contributed by atoms with E-state index in [0.717, 1.165) is 31.1 Å². The molecular formula is C18H24N2O. The summed E-state index contributed by atoms with van der Waals surface area (Å²) in [6.45, 7) is 7.33. The van der Waals surface area contributed by atoms with Gasteiger partial charge >= 0.3 is 0 Å². The van der Waals surface area contributed by atoms with Gasteiger partial charge in [-0.3, -0.25) is 9.88 Å². The van der Waals surface area contributed by atoms with Crippen LogP contribution in [0.5, 0.6) is 0 Å². The van der Waals surface area contributed by atoms with Gasteiger partial charge in [0.25, 0.3) is 0 Å². The van der Waals surface area contributed by atoms with E-state index in [1.807, 2.05) is 25.1 Å². The summed E-state index contributed by atoms with van der Waals surface area (Å²) in [7, 11) is 2.10. The van der Waals surface area contributed by atoms with Crippen LogP contribution in [-0.4, -0.2) is 30.1 Å². The summed E-state index contributed by atoms with van der Waals surface area (Å²) in [6.07, 6.45) is 0. The van der Waals surface area contributed by atoms with Crippen LogP contribution in [0.4, 0.5) is 0 Å². The third-order valence-electron chi connectivity index (χ3n) is 3.31. The molecule has 3 nitrogen and oxygen atoms in total. The molecular weight excluding hydrogens is 260 g/mol. The third-order valence-corrected chi connectivity index (χ3v) is 3.31. The van der Waals surface area contributed by atoms with Gasteiger partial charge in [0, 0.05) is 18.8 Å². The average molecular weight is 284 g/mol. The van der Waals surface area contributed by atoms with Crippen molar-refractivity contribution in [3.05, 3.63) is 65.0 Å². The van der Waals surface area contributed by atoms with Crippen molar-refractivity contribution in [2.45, 2.75) is 27.0 Å². The Bertz CT molecular complexity index is 534. The second kappa shape index (κ2) is 7.91. The highest BCUT2D eigenvalue weighted by molar-refractivity contribution is 5.19. The van der Waals surface area contributed by atoms with Crippen molar-refractivity contribution in [3.8, 4) is 0 Å². The molecule has 0 aliphatic heterocycles. The quantitative estimate of drug-likeness (QED) is 0.729. The average Bonchev–Trinajstić information content (AvgIpc) is 2.43. The maximum absolute atomic E-state index is 5.71. The predicted octanol–water partition coefficient (Wildman–Crippen LogP) is 3.35. The lowest BCUT2D eigenvalue weighted by Crippen LogP contribution is -2.23. The zero-order valence-corrected chi connectivity index (χ0v) is 13.2. The van der Waals surface area contributed by atoms with E-state index >= 15 is 0 Å². The Balaban J connectivity index is 1.71. The van der Waals surface area contributed by atoms with Crippen molar-refractivity contribution >= 4 is 0 Å². The molecule has 1 aromatic heterocycles. The Labute approximate surface area is 127 Å². The number of pyridine rings is 1. The number of aryl methyl sites for hydroxylation is 2. The minimum atomic E-state index is 0.677. The molecule has 1 aromatic carbocycles. The molecule has 112 valence electrons. The van der Waals surface area contributed by atoms with Gasteiger partial charge in [-0.2, -0.15) is 0 Å². The van der Waals surface area contributed by atoms with E-state index in [2.05, 4.69) is 48.1 Å². The van der Waals surface area contributed by atoms with Gasteiger partial charge in [-0.25, -0.2) is 0 Å². The molecule has 0 atom stereocenters. The molecule has 0 amide bonds. The lowest BCUT2D eigenvalue weighted by atomic mass is 10.2. The van der Waals surface area contributed by atoms with Crippen LogP contribution in [0.1, 0.15) is 22.5 Å². The summed E-state index contributed by atoms with van der Waals surface area (Å²) in [5.74, 6) is 0. The van der Waals surface area contributed by atoms with Crippen molar-refractivity contribution in [1.82, 2.24) is 9.88 Å². The second-order valence-corrected chi connectivity index (χ2v) is 5.55. The largest absolute Gasteiger partial charge is 0.375 e. The first kappa shape index (κ1) is 15.7. The summed E-state index contributed by atoms with van der Waals surface area (Å²) in [4.78, 5) is 6.81. The maximum atomic E-state index is 5.71. The Morgan fingerprint density at radius 3 is 2.57 bits per heavy atom. The van der Waals surface area contributed by atoms with Gasteiger partial charge in [-0.1, -0.05) is 30.3 Å². The molecule has 3 heteroatoms. The minimum absolute atomic E-state index is 0.677. The van der Waals surface area contributed by atoms with Crippen molar-refractivity contribution in [3.63, 3.8) is 0 Å². The Hall–Kier alpha value is -1.71. The fourth-order valence-electron chi connectivity index (χ4n) is 2.35. The number of hydrogen-bond donors (Lipinski definition) is 0. The van der Waals surface area contributed by atoms with Crippen LogP contribution < -0.4 is 0 Å². The smallest absolute Gasteiger partial charge is 0.0717 e. The zero-order valence-electron chi connectivity index (χ0n) is 13.2. The monoisotopic (exact) mass is 284 g/mol. The molecule has 0 N–H and O–H groups in total. The van der Waals surface area contributed by atoms with Crippen molar-refractivity contribution in [1.29, 1.82) is 0 Å². The van der Waals surface area contributed by atoms with Crippen LogP contribution in [0, 0.1) is 13.8 Å². The highest BCUT2D eigenvalue weighted by atomic mass is 16.5. The summed E-state index contributed by atoms with van der Waals surface area (Å²) in [5.41, 5.74) is 4.69. The molecule has 0 aliphatic rings. The molecule has 0 unspecified atom stereocenters. The van der Waals surface area contributed by atoms with E-state index in [1.54, 1.807) is 0 Å². The van der Waals surface area contributed by atoms with Gasteiger partial charge in [0.05, 0.1) is 18.9 Å². The molecule has 0 spiro atoms. The molecule has 0 aliphatic carbocycles. The fraction of sp³-hybridized carbons (Fsp3) is 0.389. The SMILES string of the molecule is Cc1cc(C)nc(CN(C)CCOCc2ccccc2)c1. The molecule has 1 heterocycles. The molecule has 0 radical (unpaired) electrons. The van der Waals surface area contributed by atoms with Crippen LogP contribution in [0.2, 0.25) is 0 Å². The highest BCUT2D eigenvalue weighted by Crippen LogP contribution is 2.06. The molecule has 0 saturated carbocycles. The first-order chi connectivity index (χ1) is 10.1. The molecule has 2 rings (SSSR count). The van der Waals surface area contributed by atoms with Crippen molar-refractivity contribution in [2.75, 3.05) is 20.2 Å². The summed E-state index contributed by atoms with van der Waals surface area (Å²) >= 11 is 0. The Morgan fingerprint density at radius 1 is 1.10 bits per heavy atom. The minimum Gasteiger partial charge on any atom is -0.375 e. The Kier molecular flexibility index (Phi) is 5.90. The molecule has 0 saturated heterocycles. The topological polar surface area (TPSA) is 25.4 Å². The van der Waals surface area contributed by atoms with Gasteiger partial charge in [-0.15, -0.1) is 0 Å². The predicted molar refractivity (Wildman–Crippen MR) is 86.1 cm³/mol. The number of ether oxygens (including phenoxy) is 1. The lowest BCUT2D eigenvalue weighted by molar-refractivity contribution is 0.0977. The van der Waals surface area contributed by atoms with Gasteiger partial charge in [-0.05, 0) is 44.2 Å². The van der Waals surface area contributed by atoms with Crippen LogP contribution in [0.3, 0.4) is 0 Å². The van der Waals surface area contributed by atoms with Crippen LogP contribution in [0.15, 0.2) is 42.5 Å².